The summed E-state index contributed by atoms with van der Waals surface area (Å²) in [4.78, 5) is 0. The maximum atomic E-state index is 12.9. The van der Waals surface area contributed by atoms with Crippen LogP contribution in [0.2, 0.25) is 0 Å². The van der Waals surface area contributed by atoms with Gasteiger partial charge in [-0.3, -0.25) is 0 Å². The molecule has 5 atom stereocenters. The van der Waals surface area contributed by atoms with Gasteiger partial charge >= 0.3 is 0 Å². The lowest BCUT2D eigenvalue weighted by Gasteiger charge is -2.36. The van der Waals surface area contributed by atoms with E-state index in [1.165, 1.54) is 11.1 Å². The molecule has 0 spiro atoms. The predicted octanol–water partition coefficient (Wildman–Crippen LogP) is 4.45. The van der Waals surface area contributed by atoms with Crippen LogP contribution in [0.4, 0.5) is 5.69 Å². The first-order valence-electron chi connectivity index (χ1n) is 11.3. The molecule has 2 aliphatic rings. The van der Waals surface area contributed by atoms with Crippen molar-refractivity contribution in [2.24, 2.45) is 0 Å². The summed E-state index contributed by atoms with van der Waals surface area (Å²) in [6.45, 7) is 10.1. The highest BCUT2D eigenvalue weighted by molar-refractivity contribution is 5.75. The molecule has 2 aliphatic heterocycles. The summed E-state index contributed by atoms with van der Waals surface area (Å²) >= 11 is 0. The number of rotatable bonds is 8. The molecular formula is C26H37NO4. The molecule has 0 aromatic heterocycles. The maximum Gasteiger partial charge on any atom is 0.157 e. The number of hydroxylamine groups is 1. The fraction of sp³-hybridized carbons (Fsp3) is 0.538. The third-order valence-corrected chi connectivity index (χ3v) is 6.49. The van der Waals surface area contributed by atoms with Crippen LogP contribution in [0.25, 0.3) is 5.76 Å². The van der Waals surface area contributed by atoms with Crippen LogP contribution in [0.3, 0.4) is 0 Å². The van der Waals surface area contributed by atoms with Crippen LogP contribution in [0, 0.1) is 5.21 Å². The Kier molecular flexibility index (Phi) is 7.43. The molecule has 5 heteroatoms. The van der Waals surface area contributed by atoms with E-state index in [0.29, 0.717) is 17.9 Å². The van der Waals surface area contributed by atoms with Crippen LogP contribution in [0.5, 0.6) is 0 Å². The number of ether oxygens (including phenoxy) is 2. The highest BCUT2D eigenvalue weighted by atomic mass is 16.6. The van der Waals surface area contributed by atoms with Crippen molar-refractivity contribution in [2.45, 2.75) is 84.2 Å². The molecule has 31 heavy (non-hydrogen) atoms. The van der Waals surface area contributed by atoms with Crippen LogP contribution < -0.4 is 5.06 Å². The summed E-state index contributed by atoms with van der Waals surface area (Å²) in [6, 6.07) is 7.21. The van der Waals surface area contributed by atoms with E-state index >= 15 is 0 Å². The standard InChI is InChI=1S/C26H37NO4/c1-17(2)11-9-12-18(3)13-10-16-26(5,28)25-24(30-6)22-19(4)27(29)21-15-8-7-14-20(21)23(22)31-25/h7-8,11,13-15,19,24-25,27-28H,9-10,12,16H2,1-6H3/b18-13+/t19?,24-,25-,26+/m0/s1. The predicted molar refractivity (Wildman–Crippen MR) is 125 cm³/mol. The second-order valence-corrected chi connectivity index (χ2v) is 9.38. The lowest BCUT2D eigenvalue weighted by atomic mass is 9.85. The topological polar surface area (TPSA) is 66.2 Å². The largest absolute Gasteiger partial charge is 0.628 e. The number of methoxy groups -OCH3 is 1. The number of hydrogen-bond acceptors (Lipinski definition) is 4. The van der Waals surface area contributed by atoms with E-state index in [4.69, 9.17) is 9.47 Å². The number of para-hydroxylation sites is 1. The fourth-order valence-electron chi connectivity index (χ4n) is 4.63. The average Bonchev–Trinajstić information content (AvgIpc) is 3.12. The van der Waals surface area contributed by atoms with Gasteiger partial charge in [-0.2, -0.15) is 0 Å². The molecule has 0 aliphatic carbocycles. The number of nitrogens with one attached hydrogen (secondary N) is 1. The molecular weight excluding hydrogens is 390 g/mol. The number of hydrogen-bond donors (Lipinski definition) is 2. The Morgan fingerprint density at radius 3 is 2.61 bits per heavy atom. The van der Waals surface area contributed by atoms with Crippen molar-refractivity contribution in [2.75, 3.05) is 7.11 Å². The van der Waals surface area contributed by atoms with E-state index in [2.05, 4.69) is 32.9 Å². The molecule has 2 heterocycles. The summed E-state index contributed by atoms with van der Waals surface area (Å²) in [7, 11) is 1.62. The van der Waals surface area contributed by atoms with Gasteiger partial charge < -0.3 is 24.9 Å². The molecule has 3 rings (SSSR count). The minimum absolute atomic E-state index is 0.0789. The number of aliphatic hydroxyl groups is 1. The van der Waals surface area contributed by atoms with Crippen LogP contribution >= 0.6 is 0 Å². The molecule has 1 aromatic carbocycles. The molecule has 2 N–H and O–H groups in total. The van der Waals surface area contributed by atoms with Gasteiger partial charge in [0, 0.05) is 13.2 Å². The minimum atomic E-state index is -1.09. The van der Waals surface area contributed by atoms with Gasteiger partial charge in [0.2, 0.25) is 0 Å². The second-order valence-electron chi connectivity index (χ2n) is 9.38. The molecule has 170 valence electrons. The van der Waals surface area contributed by atoms with Gasteiger partial charge in [0.1, 0.15) is 29.2 Å². The zero-order chi connectivity index (χ0) is 22.8. The SMILES string of the molecule is CO[C@H]1C2=C(O[C@@H]1[C@](C)(O)CC/C=C(\C)CCC=C(C)C)c1ccccc1[NH+]([O-])C2C. The first-order chi connectivity index (χ1) is 14.7. The Bertz CT molecular complexity index is 879. The summed E-state index contributed by atoms with van der Waals surface area (Å²) in [6.07, 6.45) is 6.85. The van der Waals surface area contributed by atoms with Crippen molar-refractivity contribution in [3.8, 4) is 0 Å². The van der Waals surface area contributed by atoms with Gasteiger partial charge in [0.25, 0.3) is 0 Å². The van der Waals surface area contributed by atoms with Crippen molar-refractivity contribution in [3.05, 3.63) is 63.9 Å². The van der Waals surface area contributed by atoms with Gasteiger partial charge in [0.05, 0.1) is 11.1 Å². The number of benzene rings is 1. The van der Waals surface area contributed by atoms with Crippen molar-refractivity contribution < 1.29 is 19.6 Å². The first-order valence-corrected chi connectivity index (χ1v) is 11.3. The minimum Gasteiger partial charge on any atom is -0.628 e. The number of allylic oxidation sites excluding steroid dienone is 4. The Morgan fingerprint density at radius 1 is 1.23 bits per heavy atom. The van der Waals surface area contributed by atoms with Gasteiger partial charge in [-0.15, -0.1) is 0 Å². The quantitative estimate of drug-likeness (QED) is 0.475. The van der Waals surface area contributed by atoms with E-state index in [-0.39, 0.29) is 11.1 Å². The van der Waals surface area contributed by atoms with E-state index in [0.717, 1.165) is 30.4 Å². The highest BCUT2D eigenvalue weighted by Crippen LogP contribution is 2.44. The van der Waals surface area contributed by atoms with Gasteiger partial charge in [-0.25, -0.2) is 0 Å². The van der Waals surface area contributed by atoms with Gasteiger partial charge in [0.15, 0.2) is 6.10 Å². The van der Waals surface area contributed by atoms with Crippen molar-refractivity contribution in [1.29, 1.82) is 0 Å². The van der Waals surface area contributed by atoms with E-state index in [1.807, 2.05) is 38.1 Å². The Hall–Kier alpha value is -1.92. The van der Waals surface area contributed by atoms with E-state index < -0.39 is 17.8 Å². The molecule has 5 nitrogen and oxygen atoms in total. The van der Waals surface area contributed by atoms with Gasteiger partial charge in [-0.1, -0.05) is 35.4 Å². The lowest BCUT2D eigenvalue weighted by Crippen LogP contribution is -3.07. The van der Waals surface area contributed by atoms with Crippen molar-refractivity contribution in [3.63, 3.8) is 0 Å². The molecule has 0 fully saturated rings. The Labute approximate surface area is 186 Å². The van der Waals surface area contributed by atoms with E-state index in [9.17, 15) is 10.3 Å². The Balaban J connectivity index is 1.74. The van der Waals surface area contributed by atoms with Crippen molar-refractivity contribution >= 4 is 11.4 Å². The fourth-order valence-corrected chi connectivity index (χ4v) is 4.63. The Morgan fingerprint density at radius 2 is 1.94 bits per heavy atom. The van der Waals surface area contributed by atoms with Crippen LogP contribution in [-0.2, 0) is 9.47 Å². The van der Waals surface area contributed by atoms with Crippen LogP contribution in [0.1, 0.15) is 65.9 Å². The van der Waals surface area contributed by atoms with Gasteiger partial charge in [-0.05, 0) is 66.4 Å². The van der Waals surface area contributed by atoms with E-state index in [1.54, 1.807) is 7.11 Å². The molecule has 0 amide bonds. The molecule has 2 unspecified atom stereocenters. The highest BCUT2D eigenvalue weighted by Gasteiger charge is 2.52. The number of fused-ring (bicyclic) bond motifs is 2. The third kappa shape index (κ3) is 4.96. The maximum absolute atomic E-state index is 12.9. The summed E-state index contributed by atoms with van der Waals surface area (Å²) in [5.41, 5.74) is 3.91. The normalized spacial score (nSPS) is 27.3. The summed E-state index contributed by atoms with van der Waals surface area (Å²) in [5.74, 6) is 0.702. The molecule has 0 bridgehead atoms. The zero-order valence-corrected chi connectivity index (χ0v) is 19.7. The second kappa shape index (κ2) is 9.70. The smallest absolute Gasteiger partial charge is 0.157 e. The molecule has 1 aromatic rings. The lowest BCUT2D eigenvalue weighted by molar-refractivity contribution is -0.799. The average molecular weight is 428 g/mol. The zero-order valence-electron chi connectivity index (χ0n) is 19.7. The summed E-state index contributed by atoms with van der Waals surface area (Å²) in [5, 5.41) is 24.4. The third-order valence-electron chi connectivity index (χ3n) is 6.49. The molecule has 0 radical (unpaired) electrons. The monoisotopic (exact) mass is 427 g/mol. The van der Waals surface area contributed by atoms with Crippen molar-refractivity contribution in [1.82, 2.24) is 0 Å². The number of quaternary nitrogens is 1. The van der Waals surface area contributed by atoms with Crippen LogP contribution in [0.15, 0.2) is 53.1 Å². The molecule has 0 saturated carbocycles. The molecule has 0 saturated heterocycles. The van der Waals surface area contributed by atoms with Crippen LogP contribution in [-0.4, -0.2) is 36.1 Å². The first kappa shape index (κ1) is 23.7. The summed E-state index contributed by atoms with van der Waals surface area (Å²) < 4.78 is 12.2.